The molecule has 0 unspecified atom stereocenters. The Kier molecular flexibility index (Phi) is 5.44. The van der Waals surface area contributed by atoms with Crippen LogP contribution < -0.4 is 10.1 Å². The molecule has 2 N–H and O–H groups in total. The van der Waals surface area contributed by atoms with Crippen LogP contribution in [-0.2, 0) is 24.4 Å². The zero-order valence-corrected chi connectivity index (χ0v) is 16.5. The van der Waals surface area contributed by atoms with E-state index >= 15 is 0 Å². The van der Waals surface area contributed by atoms with Crippen LogP contribution in [0.15, 0.2) is 66.0 Å². The van der Waals surface area contributed by atoms with Crippen molar-refractivity contribution < 1.29 is 9.53 Å². The maximum atomic E-state index is 12.4. The first-order chi connectivity index (χ1) is 13.7. The van der Waals surface area contributed by atoms with Crippen LogP contribution in [0, 0.1) is 6.92 Å². The van der Waals surface area contributed by atoms with Crippen molar-refractivity contribution in [3.05, 3.63) is 87.7 Å². The van der Waals surface area contributed by atoms with E-state index in [1.807, 2.05) is 73.0 Å². The van der Waals surface area contributed by atoms with Crippen LogP contribution in [-0.4, -0.2) is 10.9 Å². The van der Waals surface area contributed by atoms with Crippen molar-refractivity contribution in [3.8, 4) is 5.75 Å². The number of aromatic nitrogens is 1. The van der Waals surface area contributed by atoms with Crippen LogP contribution in [0.25, 0.3) is 10.9 Å². The zero-order chi connectivity index (χ0) is 19.3. The average molecular weight is 391 g/mol. The van der Waals surface area contributed by atoms with Crippen molar-refractivity contribution in [3.63, 3.8) is 0 Å². The lowest BCUT2D eigenvalue weighted by atomic mass is 10.1. The summed E-state index contributed by atoms with van der Waals surface area (Å²) in [7, 11) is 0. The lowest BCUT2D eigenvalue weighted by molar-refractivity contribution is -0.120. The summed E-state index contributed by atoms with van der Waals surface area (Å²) in [6.07, 6.45) is 0.347. The van der Waals surface area contributed by atoms with Crippen molar-refractivity contribution >= 4 is 28.1 Å². The van der Waals surface area contributed by atoms with Crippen LogP contribution in [0.5, 0.6) is 5.75 Å². The second kappa shape index (κ2) is 8.31. The summed E-state index contributed by atoms with van der Waals surface area (Å²) < 4.78 is 5.95. The van der Waals surface area contributed by atoms with E-state index < -0.39 is 0 Å². The van der Waals surface area contributed by atoms with Crippen molar-refractivity contribution in [1.82, 2.24) is 10.3 Å². The standard InChI is InChI=1S/C23H22N2O2S/c1-16-20(13-23(26)24-14-19-8-5-11-28-19)21-12-18(9-10-22(21)25-16)27-15-17-6-3-2-4-7-17/h2-12,25H,13-15H2,1H3,(H,24,26). The summed E-state index contributed by atoms with van der Waals surface area (Å²) in [5, 5.41) is 6.06. The highest BCUT2D eigenvalue weighted by Gasteiger charge is 2.13. The van der Waals surface area contributed by atoms with E-state index in [0.717, 1.165) is 38.4 Å². The Morgan fingerprint density at radius 3 is 2.75 bits per heavy atom. The molecule has 2 aromatic carbocycles. The van der Waals surface area contributed by atoms with Crippen LogP contribution in [0.3, 0.4) is 0 Å². The van der Waals surface area contributed by atoms with E-state index in [1.54, 1.807) is 11.3 Å². The average Bonchev–Trinajstić information content (AvgIpc) is 3.34. The molecule has 0 aliphatic carbocycles. The van der Waals surface area contributed by atoms with Gasteiger partial charge in [-0.05, 0) is 47.7 Å². The molecule has 4 nitrogen and oxygen atoms in total. The monoisotopic (exact) mass is 390 g/mol. The first-order valence-electron chi connectivity index (χ1n) is 9.26. The van der Waals surface area contributed by atoms with Crippen LogP contribution in [0.4, 0.5) is 0 Å². The number of carbonyl (C=O) groups excluding carboxylic acids is 1. The Hall–Kier alpha value is -3.05. The SMILES string of the molecule is Cc1[nH]c2ccc(OCc3ccccc3)cc2c1CC(=O)NCc1cccs1. The molecule has 0 spiro atoms. The van der Waals surface area contributed by atoms with Crippen LogP contribution in [0.1, 0.15) is 21.7 Å². The molecule has 0 aliphatic rings. The van der Waals surface area contributed by atoms with Gasteiger partial charge < -0.3 is 15.0 Å². The number of hydrogen-bond donors (Lipinski definition) is 2. The maximum absolute atomic E-state index is 12.4. The van der Waals surface area contributed by atoms with Gasteiger partial charge in [0, 0.05) is 21.5 Å². The van der Waals surface area contributed by atoms with Gasteiger partial charge in [-0.25, -0.2) is 0 Å². The summed E-state index contributed by atoms with van der Waals surface area (Å²) >= 11 is 1.65. The highest BCUT2D eigenvalue weighted by Crippen LogP contribution is 2.27. The minimum atomic E-state index is 0.0213. The van der Waals surface area contributed by atoms with Gasteiger partial charge in [-0.1, -0.05) is 36.4 Å². The summed E-state index contributed by atoms with van der Waals surface area (Å²) in [4.78, 5) is 17.0. The van der Waals surface area contributed by atoms with E-state index in [-0.39, 0.29) is 5.91 Å². The number of H-pyrrole nitrogens is 1. The van der Waals surface area contributed by atoms with Gasteiger partial charge >= 0.3 is 0 Å². The molecule has 0 radical (unpaired) electrons. The smallest absolute Gasteiger partial charge is 0.224 e. The molecular weight excluding hydrogens is 368 g/mol. The van der Waals surface area contributed by atoms with E-state index in [4.69, 9.17) is 4.74 Å². The summed E-state index contributed by atoms with van der Waals surface area (Å²) in [6.45, 7) is 3.10. The number of aromatic amines is 1. The van der Waals surface area contributed by atoms with Crippen LogP contribution >= 0.6 is 11.3 Å². The van der Waals surface area contributed by atoms with E-state index in [2.05, 4.69) is 10.3 Å². The third-order valence-corrected chi connectivity index (χ3v) is 5.59. The fraction of sp³-hybridized carbons (Fsp3) is 0.174. The number of hydrogen-bond acceptors (Lipinski definition) is 3. The summed E-state index contributed by atoms with van der Waals surface area (Å²) in [5.41, 5.74) is 4.18. The second-order valence-corrected chi connectivity index (χ2v) is 7.78. The van der Waals surface area contributed by atoms with Crippen molar-refractivity contribution in [2.75, 3.05) is 0 Å². The van der Waals surface area contributed by atoms with Gasteiger partial charge in [0.1, 0.15) is 12.4 Å². The number of nitrogens with one attached hydrogen (secondary N) is 2. The van der Waals surface area contributed by atoms with Crippen molar-refractivity contribution in [2.45, 2.75) is 26.5 Å². The third-order valence-electron chi connectivity index (χ3n) is 4.72. The van der Waals surface area contributed by atoms with Gasteiger partial charge in [0.25, 0.3) is 0 Å². The highest BCUT2D eigenvalue weighted by molar-refractivity contribution is 7.09. The number of aryl methyl sites for hydroxylation is 1. The fourth-order valence-corrected chi connectivity index (χ4v) is 3.89. The Morgan fingerprint density at radius 1 is 1.11 bits per heavy atom. The molecule has 0 fully saturated rings. The molecule has 142 valence electrons. The van der Waals surface area contributed by atoms with Crippen molar-refractivity contribution in [2.24, 2.45) is 0 Å². The minimum Gasteiger partial charge on any atom is -0.489 e. The molecule has 2 heterocycles. The van der Waals surface area contributed by atoms with Gasteiger partial charge in [0.15, 0.2) is 0 Å². The van der Waals surface area contributed by atoms with E-state index in [0.29, 0.717) is 19.6 Å². The highest BCUT2D eigenvalue weighted by atomic mass is 32.1. The van der Waals surface area contributed by atoms with Crippen molar-refractivity contribution in [1.29, 1.82) is 0 Å². The number of fused-ring (bicyclic) bond motifs is 1. The normalized spacial score (nSPS) is 10.9. The number of carbonyl (C=O) groups is 1. The number of rotatable bonds is 7. The molecular formula is C23H22N2O2S. The summed E-state index contributed by atoms with van der Waals surface area (Å²) in [5.74, 6) is 0.823. The first-order valence-corrected chi connectivity index (χ1v) is 10.1. The minimum absolute atomic E-state index is 0.0213. The fourth-order valence-electron chi connectivity index (χ4n) is 3.24. The molecule has 5 heteroatoms. The zero-order valence-electron chi connectivity index (χ0n) is 15.7. The van der Waals surface area contributed by atoms with Gasteiger partial charge in [-0.15, -0.1) is 11.3 Å². The maximum Gasteiger partial charge on any atom is 0.224 e. The predicted octanol–water partition coefficient (Wildman–Crippen LogP) is 4.98. The first kappa shape index (κ1) is 18.3. The quantitative estimate of drug-likeness (QED) is 0.468. The van der Waals surface area contributed by atoms with E-state index in [9.17, 15) is 4.79 Å². The van der Waals surface area contributed by atoms with E-state index in [1.165, 1.54) is 0 Å². The van der Waals surface area contributed by atoms with Gasteiger partial charge in [0.05, 0.1) is 13.0 Å². The molecule has 0 saturated heterocycles. The molecule has 4 rings (SSSR count). The van der Waals surface area contributed by atoms with Gasteiger partial charge in [0.2, 0.25) is 5.91 Å². The number of benzene rings is 2. The molecule has 4 aromatic rings. The number of amides is 1. The Balaban J connectivity index is 1.47. The number of ether oxygens (including phenoxy) is 1. The molecule has 0 atom stereocenters. The summed E-state index contributed by atoms with van der Waals surface area (Å²) in [6, 6.07) is 20.1. The van der Waals surface area contributed by atoms with Crippen LogP contribution in [0.2, 0.25) is 0 Å². The molecule has 0 aliphatic heterocycles. The van der Waals surface area contributed by atoms with Gasteiger partial charge in [-0.2, -0.15) is 0 Å². The Morgan fingerprint density at radius 2 is 1.96 bits per heavy atom. The molecule has 2 aromatic heterocycles. The largest absolute Gasteiger partial charge is 0.489 e. The number of thiophene rings is 1. The predicted molar refractivity (Wildman–Crippen MR) is 114 cm³/mol. The lowest BCUT2D eigenvalue weighted by Gasteiger charge is -2.08. The second-order valence-electron chi connectivity index (χ2n) is 6.74. The Labute approximate surface area is 168 Å². The molecule has 28 heavy (non-hydrogen) atoms. The topological polar surface area (TPSA) is 54.1 Å². The Bertz CT molecular complexity index is 1070. The third kappa shape index (κ3) is 4.26. The molecule has 0 saturated carbocycles. The molecule has 1 amide bonds. The molecule has 0 bridgehead atoms. The van der Waals surface area contributed by atoms with Gasteiger partial charge in [-0.3, -0.25) is 4.79 Å². The lowest BCUT2D eigenvalue weighted by Crippen LogP contribution is -2.24.